The number of hydrogen-bond acceptors (Lipinski definition) is 7. The van der Waals surface area contributed by atoms with Gasteiger partial charge in [-0.1, -0.05) is 39.3 Å². The van der Waals surface area contributed by atoms with Gasteiger partial charge in [-0.15, -0.1) is 10.2 Å². The minimum atomic E-state index is -0.567. The van der Waals surface area contributed by atoms with Crippen molar-refractivity contribution in [1.29, 1.82) is 0 Å². The largest absolute Gasteiger partial charge is 0.411 e. The van der Waals surface area contributed by atoms with Crippen LogP contribution in [0.25, 0.3) is 11.5 Å². The molecule has 3 rings (SSSR count). The van der Waals surface area contributed by atoms with E-state index in [0.717, 1.165) is 21.8 Å². The van der Waals surface area contributed by atoms with Crippen LogP contribution in [0, 0.1) is 10.1 Å². The number of nitrogens with zero attached hydrogens (tertiary/aromatic N) is 3. The molecule has 0 atom stereocenters. The number of thioether (sulfide) groups is 1. The topological polar surface area (TPSA) is 111 Å². The first-order valence-electron chi connectivity index (χ1n) is 7.38. The van der Waals surface area contributed by atoms with Gasteiger partial charge in [0.1, 0.15) is 0 Å². The summed E-state index contributed by atoms with van der Waals surface area (Å²) >= 11 is 10.3. The van der Waals surface area contributed by atoms with Gasteiger partial charge in [-0.3, -0.25) is 14.9 Å². The van der Waals surface area contributed by atoms with Gasteiger partial charge in [0.15, 0.2) is 0 Å². The number of nitro benzene ring substituents is 1. The number of hydrogen-bond donors (Lipinski definition) is 1. The van der Waals surface area contributed by atoms with Crippen molar-refractivity contribution < 1.29 is 14.1 Å². The van der Waals surface area contributed by atoms with Gasteiger partial charge in [-0.25, -0.2) is 0 Å². The van der Waals surface area contributed by atoms with Crippen LogP contribution in [0.15, 0.2) is 56.6 Å². The molecule has 8 nitrogen and oxygen atoms in total. The number of carbonyl (C=O) groups is 1. The number of nitrogens with one attached hydrogen (secondary N) is 1. The number of amides is 1. The molecule has 27 heavy (non-hydrogen) atoms. The average Bonchev–Trinajstić information content (AvgIpc) is 3.11. The Labute approximate surface area is 170 Å². The van der Waals surface area contributed by atoms with E-state index in [-0.39, 0.29) is 27.4 Å². The Kier molecular flexibility index (Phi) is 6.09. The summed E-state index contributed by atoms with van der Waals surface area (Å²) in [5.74, 6) is -0.0982. The molecule has 0 aliphatic heterocycles. The van der Waals surface area contributed by atoms with Crippen LogP contribution < -0.4 is 5.32 Å². The van der Waals surface area contributed by atoms with E-state index in [1.54, 1.807) is 0 Å². The molecule has 0 radical (unpaired) electrons. The standard InChI is InChI=1S/C16H10BrClN4O4S/c17-10-3-1-9(2-4-10)15-20-21-16(26-15)27-8-14(23)19-13-7-11(22(24)25)5-6-12(13)18/h1-7H,8H2,(H,19,23). The summed E-state index contributed by atoms with van der Waals surface area (Å²) in [4.78, 5) is 22.3. The molecule has 1 heterocycles. The van der Waals surface area contributed by atoms with Crippen LogP contribution >= 0.6 is 39.3 Å². The number of anilines is 1. The Morgan fingerprint density at radius 3 is 2.70 bits per heavy atom. The number of halogens is 2. The number of carbonyl (C=O) groups excluding carboxylic acids is 1. The van der Waals surface area contributed by atoms with Crippen molar-refractivity contribution in [1.82, 2.24) is 10.2 Å². The van der Waals surface area contributed by atoms with Crippen LogP contribution in [0.1, 0.15) is 0 Å². The van der Waals surface area contributed by atoms with E-state index in [9.17, 15) is 14.9 Å². The summed E-state index contributed by atoms with van der Waals surface area (Å²) in [6.45, 7) is 0. The molecule has 0 spiro atoms. The lowest BCUT2D eigenvalue weighted by Gasteiger charge is -2.06. The zero-order valence-electron chi connectivity index (χ0n) is 13.4. The van der Waals surface area contributed by atoms with Gasteiger partial charge < -0.3 is 9.73 Å². The van der Waals surface area contributed by atoms with Crippen molar-refractivity contribution in [3.05, 3.63) is 62.1 Å². The van der Waals surface area contributed by atoms with E-state index in [0.29, 0.717) is 5.89 Å². The van der Waals surface area contributed by atoms with Gasteiger partial charge in [-0.05, 0) is 30.3 Å². The highest BCUT2D eigenvalue weighted by molar-refractivity contribution is 9.10. The second kappa shape index (κ2) is 8.51. The Morgan fingerprint density at radius 1 is 1.26 bits per heavy atom. The predicted octanol–water partition coefficient (Wildman–Crippen LogP) is 4.79. The smallest absolute Gasteiger partial charge is 0.277 e. The molecular weight excluding hydrogens is 460 g/mol. The summed E-state index contributed by atoms with van der Waals surface area (Å²) in [6, 6.07) is 11.2. The van der Waals surface area contributed by atoms with Gasteiger partial charge in [0.2, 0.25) is 11.8 Å². The lowest BCUT2D eigenvalue weighted by atomic mass is 10.2. The molecule has 0 bridgehead atoms. The summed E-state index contributed by atoms with van der Waals surface area (Å²) < 4.78 is 6.44. The summed E-state index contributed by atoms with van der Waals surface area (Å²) in [5.41, 5.74) is 0.751. The number of nitro groups is 1. The van der Waals surface area contributed by atoms with E-state index in [1.165, 1.54) is 18.2 Å². The molecular formula is C16H10BrClN4O4S. The molecule has 0 unspecified atom stereocenters. The van der Waals surface area contributed by atoms with Gasteiger partial charge >= 0.3 is 0 Å². The fourth-order valence-corrected chi connectivity index (χ4v) is 3.01. The van der Waals surface area contributed by atoms with Crippen LogP contribution in [0.5, 0.6) is 0 Å². The third-order valence-corrected chi connectivity index (χ3v) is 4.94. The molecule has 0 aliphatic rings. The zero-order chi connectivity index (χ0) is 19.4. The SMILES string of the molecule is O=C(CSc1nnc(-c2ccc(Br)cc2)o1)Nc1cc([N+](=O)[O-])ccc1Cl. The molecule has 1 aromatic heterocycles. The van der Waals surface area contributed by atoms with Crippen molar-refractivity contribution in [3.8, 4) is 11.5 Å². The molecule has 0 saturated carbocycles. The van der Waals surface area contributed by atoms with Crippen molar-refractivity contribution in [3.63, 3.8) is 0 Å². The lowest BCUT2D eigenvalue weighted by Crippen LogP contribution is -2.14. The zero-order valence-corrected chi connectivity index (χ0v) is 16.5. The molecule has 0 aliphatic carbocycles. The van der Waals surface area contributed by atoms with Crippen LogP contribution in [0.2, 0.25) is 5.02 Å². The van der Waals surface area contributed by atoms with E-state index < -0.39 is 10.8 Å². The molecule has 2 aromatic carbocycles. The fraction of sp³-hybridized carbons (Fsp3) is 0.0625. The Bertz CT molecular complexity index is 996. The Hall–Kier alpha value is -2.43. The van der Waals surface area contributed by atoms with Crippen molar-refractivity contribution in [2.24, 2.45) is 0 Å². The molecule has 0 saturated heterocycles. The van der Waals surface area contributed by atoms with Gasteiger partial charge in [0.05, 0.1) is 21.4 Å². The fourth-order valence-electron chi connectivity index (χ4n) is 2.01. The first-order valence-corrected chi connectivity index (χ1v) is 9.54. The molecule has 1 N–H and O–H groups in total. The van der Waals surface area contributed by atoms with Crippen LogP contribution in [-0.2, 0) is 4.79 Å². The second-order valence-electron chi connectivity index (χ2n) is 5.14. The normalized spacial score (nSPS) is 10.6. The maximum atomic E-state index is 12.1. The minimum absolute atomic E-state index is 0.0268. The molecule has 1 amide bonds. The van der Waals surface area contributed by atoms with Crippen LogP contribution in [0.4, 0.5) is 11.4 Å². The van der Waals surface area contributed by atoms with Crippen LogP contribution in [-0.4, -0.2) is 26.8 Å². The number of rotatable bonds is 6. The first kappa shape index (κ1) is 19.3. The summed E-state index contributed by atoms with van der Waals surface area (Å²) in [7, 11) is 0. The van der Waals surface area contributed by atoms with Crippen molar-refractivity contribution in [2.45, 2.75) is 5.22 Å². The highest BCUT2D eigenvalue weighted by Gasteiger charge is 2.14. The van der Waals surface area contributed by atoms with E-state index >= 15 is 0 Å². The Morgan fingerprint density at radius 2 is 2.00 bits per heavy atom. The second-order valence-corrected chi connectivity index (χ2v) is 7.39. The summed E-state index contributed by atoms with van der Waals surface area (Å²) in [5, 5.41) is 21.6. The minimum Gasteiger partial charge on any atom is -0.411 e. The molecule has 138 valence electrons. The van der Waals surface area contributed by atoms with Crippen molar-refractivity contribution in [2.75, 3.05) is 11.1 Å². The first-order chi connectivity index (χ1) is 12.9. The highest BCUT2D eigenvalue weighted by Crippen LogP contribution is 2.28. The predicted molar refractivity (Wildman–Crippen MR) is 105 cm³/mol. The molecule has 0 fully saturated rings. The van der Waals surface area contributed by atoms with E-state index in [2.05, 4.69) is 31.4 Å². The number of aromatic nitrogens is 2. The molecule has 11 heteroatoms. The lowest BCUT2D eigenvalue weighted by molar-refractivity contribution is -0.384. The third-order valence-electron chi connectivity index (χ3n) is 3.26. The third kappa shape index (κ3) is 5.06. The van der Waals surface area contributed by atoms with E-state index in [4.69, 9.17) is 16.0 Å². The molecule has 3 aromatic rings. The van der Waals surface area contributed by atoms with Gasteiger partial charge in [0.25, 0.3) is 10.9 Å². The van der Waals surface area contributed by atoms with Crippen LogP contribution in [0.3, 0.4) is 0 Å². The van der Waals surface area contributed by atoms with E-state index in [1.807, 2.05) is 24.3 Å². The van der Waals surface area contributed by atoms with Crippen molar-refractivity contribution >= 4 is 56.6 Å². The maximum absolute atomic E-state index is 12.1. The quantitative estimate of drug-likeness (QED) is 0.314. The van der Waals surface area contributed by atoms with Gasteiger partial charge in [0, 0.05) is 22.2 Å². The Balaban J connectivity index is 1.61. The number of benzene rings is 2. The monoisotopic (exact) mass is 468 g/mol. The summed E-state index contributed by atoms with van der Waals surface area (Å²) in [6.07, 6.45) is 0. The number of non-ortho nitro benzene ring substituents is 1. The highest BCUT2D eigenvalue weighted by atomic mass is 79.9. The van der Waals surface area contributed by atoms with Gasteiger partial charge in [-0.2, -0.15) is 0 Å². The average molecular weight is 470 g/mol. The maximum Gasteiger partial charge on any atom is 0.277 e.